The average molecular weight is 416 g/mol. The van der Waals surface area contributed by atoms with Gasteiger partial charge < -0.3 is 10.6 Å². The van der Waals surface area contributed by atoms with Crippen LogP contribution in [0.5, 0.6) is 0 Å². The summed E-state index contributed by atoms with van der Waals surface area (Å²) in [6, 6.07) is 4.71. The highest BCUT2D eigenvalue weighted by atomic mass is 35.5. The Labute approximate surface area is 156 Å². The zero-order valence-electron chi connectivity index (χ0n) is 14.2. The topological polar surface area (TPSA) is 78.5 Å². The van der Waals surface area contributed by atoms with Gasteiger partial charge in [-0.15, -0.1) is 12.4 Å². The van der Waals surface area contributed by atoms with Gasteiger partial charge >= 0.3 is 6.18 Å². The van der Waals surface area contributed by atoms with Gasteiger partial charge in [-0.25, -0.2) is 8.42 Å². The summed E-state index contributed by atoms with van der Waals surface area (Å²) in [6.07, 6.45) is -4.54. The van der Waals surface area contributed by atoms with Crippen molar-refractivity contribution in [3.8, 4) is 0 Å². The van der Waals surface area contributed by atoms with Crippen molar-refractivity contribution >= 4 is 28.3 Å². The molecule has 148 valence electrons. The van der Waals surface area contributed by atoms with E-state index in [2.05, 4.69) is 5.32 Å². The molecular weight excluding hydrogens is 395 g/mol. The molecule has 1 aromatic carbocycles. The molecule has 1 amide bonds. The fourth-order valence-corrected chi connectivity index (χ4v) is 4.33. The lowest BCUT2D eigenvalue weighted by atomic mass is 10.1. The van der Waals surface area contributed by atoms with Crippen LogP contribution in [-0.2, 0) is 10.0 Å². The summed E-state index contributed by atoms with van der Waals surface area (Å²) in [6.45, 7) is 2.94. The van der Waals surface area contributed by atoms with Gasteiger partial charge in [-0.2, -0.15) is 17.5 Å². The number of rotatable bonds is 4. The number of nitrogens with one attached hydrogen (secondary N) is 2. The summed E-state index contributed by atoms with van der Waals surface area (Å²) in [4.78, 5) is 11.7. The molecule has 2 rings (SSSR count). The summed E-state index contributed by atoms with van der Waals surface area (Å²) in [5.41, 5.74) is -0.138. The number of alkyl halides is 3. The Bertz CT molecular complexity index is 743. The van der Waals surface area contributed by atoms with Gasteiger partial charge in [0.1, 0.15) is 6.54 Å². The van der Waals surface area contributed by atoms with Crippen LogP contribution in [0.3, 0.4) is 0 Å². The normalized spacial score (nSPS) is 21.7. The lowest BCUT2D eigenvalue weighted by Gasteiger charge is -2.37. The smallest absolute Gasteiger partial charge is 0.343 e. The van der Waals surface area contributed by atoms with Crippen molar-refractivity contribution in [3.63, 3.8) is 0 Å². The first-order valence-corrected chi connectivity index (χ1v) is 9.16. The van der Waals surface area contributed by atoms with Crippen molar-refractivity contribution in [2.24, 2.45) is 0 Å². The lowest BCUT2D eigenvalue weighted by molar-refractivity contribution is -0.123. The molecule has 1 saturated heterocycles. The highest BCUT2D eigenvalue weighted by molar-refractivity contribution is 7.89. The number of piperazine rings is 1. The second kappa shape index (κ2) is 8.55. The largest absolute Gasteiger partial charge is 0.405 e. The third-order valence-corrected chi connectivity index (χ3v) is 6.11. The van der Waals surface area contributed by atoms with Crippen molar-refractivity contribution in [2.45, 2.75) is 37.0 Å². The first kappa shape index (κ1) is 22.7. The lowest BCUT2D eigenvalue weighted by Crippen LogP contribution is -2.57. The summed E-state index contributed by atoms with van der Waals surface area (Å²) in [5, 5.41) is 4.90. The van der Waals surface area contributed by atoms with E-state index in [0.717, 1.165) is 6.07 Å². The van der Waals surface area contributed by atoms with Crippen LogP contribution in [0, 0.1) is 0 Å². The maximum atomic E-state index is 12.8. The number of benzene rings is 1. The Morgan fingerprint density at radius 2 is 2.00 bits per heavy atom. The van der Waals surface area contributed by atoms with E-state index in [1.165, 1.54) is 22.5 Å². The molecule has 1 heterocycles. The molecule has 0 aromatic heterocycles. The van der Waals surface area contributed by atoms with E-state index < -0.39 is 28.7 Å². The van der Waals surface area contributed by atoms with E-state index >= 15 is 0 Å². The van der Waals surface area contributed by atoms with Gasteiger partial charge in [0.2, 0.25) is 10.0 Å². The number of amides is 1. The fourth-order valence-electron chi connectivity index (χ4n) is 2.58. The number of hydrogen-bond donors (Lipinski definition) is 2. The van der Waals surface area contributed by atoms with Gasteiger partial charge in [-0.05, 0) is 32.0 Å². The first-order valence-electron chi connectivity index (χ1n) is 7.72. The van der Waals surface area contributed by atoms with Gasteiger partial charge in [-0.3, -0.25) is 4.79 Å². The fraction of sp³-hybridized carbons (Fsp3) is 0.533. The van der Waals surface area contributed by atoms with Crippen LogP contribution in [0.25, 0.3) is 0 Å². The Morgan fingerprint density at radius 3 is 2.62 bits per heavy atom. The molecule has 1 fully saturated rings. The van der Waals surface area contributed by atoms with Crippen LogP contribution in [0.1, 0.15) is 24.2 Å². The first-order chi connectivity index (χ1) is 11.5. The molecule has 0 saturated carbocycles. The summed E-state index contributed by atoms with van der Waals surface area (Å²) >= 11 is 0. The Hall–Kier alpha value is -1.36. The maximum Gasteiger partial charge on any atom is 0.405 e. The van der Waals surface area contributed by atoms with E-state index in [-0.39, 0.29) is 41.5 Å². The molecule has 1 aromatic rings. The second-order valence-electron chi connectivity index (χ2n) is 5.92. The second-order valence-corrected chi connectivity index (χ2v) is 7.82. The molecule has 0 aliphatic carbocycles. The van der Waals surface area contributed by atoms with Crippen molar-refractivity contribution in [1.82, 2.24) is 14.9 Å². The summed E-state index contributed by atoms with van der Waals surface area (Å²) in [5.74, 6) is -0.976. The number of hydrogen-bond acceptors (Lipinski definition) is 4. The molecular formula is C15H21ClF3N3O3S. The van der Waals surface area contributed by atoms with Gasteiger partial charge in [0.25, 0.3) is 5.91 Å². The molecule has 0 spiro atoms. The Morgan fingerprint density at radius 1 is 1.35 bits per heavy atom. The third kappa shape index (κ3) is 5.32. The molecule has 0 radical (unpaired) electrons. The zero-order chi connectivity index (χ0) is 18.8. The predicted molar refractivity (Wildman–Crippen MR) is 92.9 cm³/mol. The highest BCUT2D eigenvalue weighted by Crippen LogP contribution is 2.22. The standard InChI is InChI=1S/C15H20F3N3O3S.ClH/c1-10-11(2)21(7-6-19-10)25(23,24)13-5-3-4-12(8-13)14(22)20-9-15(16,17)18;/h3-5,8,10-11,19H,6-7,9H2,1-2H3,(H,20,22);1H. The minimum absolute atomic E-state index is 0. The molecule has 6 nitrogen and oxygen atoms in total. The van der Waals surface area contributed by atoms with E-state index in [1.807, 2.05) is 6.92 Å². The maximum absolute atomic E-state index is 12.8. The van der Waals surface area contributed by atoms with Crippen molar-refractivity contribution in [3.05, 3.63) is 29.8 Å². The molecule has 2 unspecified atom stereocenters. The number of sulfonamides is 1. The van der Waals surface area contributed by atoms with E-state index in [9.17, 15) is 26.4 Å². The van der Waals surface area contributed by atoms with Crippen molar-refractivity contribution < 1.29 is 26.4 Å². The molecule has 11 heteroatoms. The van der Waals surface area contributed by atoms with E-state index in [0.29, 0.717) is 6.54 Å². The van der Waals surface area contributed by atoms with Gasteiger partial charge in [-0.1, -0.05) is 6.07 Å². The quantitative estimate of drug-likeness (QED) is 0.785. The molecule has 1 aliphatic heterocycles. The Kier molecular flexibility index (Phi) is 7.46. The Balaban J connectivity index is 0.00000338. The monoisotopic (exact) mass is 415 g/mol. The predicted octanol–water partition coefficient (Wildman–Crippen LogP) is 1.77. The van der Waals surface area contributed by atoms with Crippen molar-refractivity contribution in [1.29, 1.82) is 0 Å². The van der Waals surface area contributed by atoms with Gasteiger partial charge in [0.15, 0.2) is 0 Å². The summed E-state index contributed by atoms with van der Waals surface area (Å²) < 4.78 is 63.6. The van der Waals surface area contributed by atoms with Crippen LogP contribution in [0.4, 0.5) is 13.2 Å². The van der Waals surface area contributed by atoms with E-state index in [4.69, 9.17) is 0 Å². The molecule has 26 heavy (non-hydrogen) atoms. The van der Waals surface area contributed by atoms with Crippen LogP contribution < -0.4 is 10.6 Å². The molecule has 0 bridgehead atoms. The van der Waals surface area contributed by atoms with E-state index in [1.54, 1.807) is 12.2 Å². The van der Waals surface area contributed by atoms with Crippen LogP contribution >= 0.6 is 12.4 Å². The number of carbonyl (C=O) groups is 1. The van der Waals surface area contributed by atoms with Gasteiger partial charge in [0, 0.05) is 30.7 Å². The molecule has 2 atom stereocenters. The van der Waals surface area contributed by atoms with Crippen LogP contribution in [-0.4, -0.2) is 56.5 Å². The van der Waals surface area contributed by atoms with Gasteiger partial charge in [0.05, 0.1) is 4.90 Å². The number of carbonyl (C=O) groups excluding carboxylic acids is 1. The summed E-state index contributed by atoms with van der Waals surface area (Å²) in [7, 11) is -3.85. The zero-order valence-corrected chi connectivity index (χ0v) is 15.8. The average Bonchev–Trinajstić information content (AvgIpc) is 2.54. The third-order valence-electron chi connectivity index (χ3n) is 4.13. The highest BCUT2D eigenvalue weighted by Gasteiger charge is 2.34. The van der Waals surface area contributed by atoms with Crippen molar-refractivity contribution in [2.75, 3.05) is 19.6 Å². The minimum Gasteiger partial charge on any atom is -0.343 e. The van der Waals surface area contributed by atoms with Crippen LogP contribution in [0.2, 0.25) is 0 Å². The number of halogens is 4. The van der Waals surface area contributed by atoms with Crippen LogP contribution in [0.15, 0.2) is 29.2 Å². The SMILES string of the molecule is CC1NCCN(S(=O)(=O)c2cccc(C(=O)NCC(F)(F)F)c2)C1C.Cl. The minimum atomic E-state index is -4.54. The molecule has 2 N–H and O–H groups in total. The number of nitrogens with zero attached hydrogens (tertiary/aromatic N) is 1. The molecule has 1 aliphatic rings.